The maximum atomic E-state index is 12.3. The maximum Gasteiger partial charge on any atom is 0.231 e. The van der Waals surface area contributed by atoms with Gasteiger partial charge in [0, 0.05) is 27.4 Å². The molecule has 2 nitrogen and oxygen atoms in total. The van der Waals surface area contributed by atoms with Gasteiger partial charge in [0.05, 0.1) is 6.42 Å². The third kappa shape index (κ3) is 2.34. The Bertz CT molecular complexity index is 705. The lowest BCUT2D eigenvalue weighted by Crippen LogP contribution is -2.33. The summed E-state index contributed by atoms with van der Waals surface area (Å²) < 4.78 is 0. The van der Waals surface area contributed by atoms with Crippen LogP contribution in [0.1, 0.15) is 11.1 Å². The number of amides is 1. The lowest BCUT2D eigenvalue weighted by Gasteiger charge is -2.21. The van der Waals surface area contributed by atoms with Gasteiger partial charge in [-0.1, -0.05) is 35.9 Å². The molecule has 4 rings (SSSR count). The van der Waals surface area contributed by atoms with E-state index in [1.807, 2.05) is 34.9 Å². The van der Waals surface area contributed by atoms with Gasteiger partial charge < -0.3 is 4.90 Å². The van der Waals surface area contributed by atoms with Gasteiger partial charge >= 0.3 is 0 Å². The Morgan fingerprint density at radius 3 is 2.90 bits per heavy atom. The first-order chi connectivity index (χ1) is 10.2. The van der Waals surface area contributed by atoms with Gasteiger partial charge in [0.25, 0.3) is 0 Å². The van der Waals surface area contributed by atoms with Crippen molar-refractivity contribution in [3.05, 3.63) is 58.6 Å². The Kier molecular flexibility index (Phi) is 3.20. The van der Waals surface area contributed by atoms with Gasteiger partial charge in [-0.3, -0.25) is 4.79 Å². The van der Waals surface area contributed by atoms with E-state index < -0.39 is 0 Å². The Balaban J connectivity index is 1.57. The molecule has 0 fully saturated rings. The van der Waals surface area contributed by atoms with E-state index in [1.54, 1.807) is 0 Å². The van der Waals surface area contributed by atoms with E-state index in [4.69, 9.17) is 11.6 Å². The average molecular weight is 316 g/mol. The van der Waals surface area contributed by atoms with Crippen molar-refractivity contribution in [3.63, 3.8) is 0 Å². The van der Waals surface area contributed by atoms with Gasteiger partial charge in [0.2, 0.25) is 5.91 Å². The van der Waals surface area contributed by atoms with Gasteiger partial charge in [-0.15, -0.1) is 11.8 Å². The SMILES string of the molecule is O=C1Cc2ccc(Cl)cc2N1CC1Cc2ccccc2S1. The van der Waals surface area contributed by atoms with Crippen molar-refractivity contribution < 1.29 is 4.79 Å². The van der Waals surface area contributed by atoms with Gasteiger partial charge in [-0.2, -0.15) is 0 Å². The van der Waals surface area contributed by atoms with E-state index in [-0.39, 0.29) is 5.91 Å². The molecular weight excluding hydrogens is 302 g/mol. The number of carbonyl (C=O) groups is 1. The van der Waals surface area contributed by atoms with E-state index in [0.29, 0.717) is 16.7 Å². The number of fused-ring (bicyclic) bond motifs is 2. The fourth-order valence-corrected chi connectivity index (χ4v) is 4.56. The molecule has 0 N–H and O–H groups in total. The molecule has 2 aliphatic heterocycles. The summed E-state index contributed by atoms with van der Waals surface area (Å²) in [6.45, 7) is 0.755. The third-order valence-corrected chi connectivity index (χ3v) is 5.62. The van der Waals surface area contributed by atoms with Crippen molar-refractivity contribution in [1.82, 2.24) is 0 Å². The first-order valence-electron chi connectivity index (χ1n) is 7.04. The lowest BCUT2D eigenvalue weighted by atomic mass is 10.1. The zero-order chi connectivity index (χ0) is 14.4. The topological polar surface area (TPSA) is 20.3 Å². The smallest absolute Gasteiger partial charge is 0.231 e. The van der Waals surface area contributed by atoms with Crippen LogP contribution in [0.4, 0.5) is 5.69 Å². The van der Waals surface area contributed by atoms with Crippen molar-refractivity contribution >= 4 is 35.0 Å². The molecule has 2 aromatic rings. The van der Waals surface area contributed by atoms with Crippen LogP contribution in [0.25, 0.3) is 0 Å². The van der Waals surface area contributed by atoms with E-state index in [0.717, 1.165) is 24.2 Å². The first kappa shape index (κ1) is 13.2. The van der Waals surface area contributed by atoms with Crippen LogP contribution in [0.3, 0.4) is 0 Å². The highest BCUT2D eigenvalue weighted by atomic mass is 35.5. The number of anilines is 1. The van der Waals surface area contributed by atoms with E-state index in [2.05, 4.69) is 24.3 Å². The molecule has 2 aromatic carbocycles. The number of carbonyl (C=O) groups excluding carboxylic acids is 1. The Morgan fingerprint density at radius 1 is 1.19 bits per heavy atom. The van der Waals surface area contributed by atoms with Gasteiger partial charge in [0.1, 0.15) is 0 Å². The molecule has 2 aliphatic rings. The minimum atomic E-state index is 0.184. The van der Waals surface area contributed by atoms with Gasteiger partial charge in [-0.25, -0.2) is 0 Å². The quantitative estimate of drug-likeness (QED) is 0.836. The molecule has 1 amide bonds. The van der Waals surface area contributed by atoms with E-state index >= 15 is 0 Å². The number of thioether (sulfide) groups is 1. The third-order valence-electron chi connectivity index (χ3n) is 4.08. The van der Waals surface area contributed by atoms with E-state index in [1.165, 1.54) is 10.5 Å². The molecule has 0 saturated carbocycles. The first-order valence-corrected chi connectivity index (χ1v) is 8.30. The predicted octanol–water partition coefficient (Wildman–Crippen LogP) is 3.95. The fraction of sp³-hybridized carbons (Fsp3) is 0.235. The molecule has 1 unspecified atom stereocenters. The standard InChI is InChI=1S/C17H14ClNOS/c18-13-6-5-11-8-17(20)19(15(11)9-13)10-14-7-12-3-1-2-4-16(12)21-14/h1-6,9,14H,7-8,10H2. The number of rotatable bonds is 2. The summed E-state index contributed by atoms with van der Waals surface area (Å²) >= 11 is 7.96. The summed E-state index contributed by atoms with van der Waals surface area (Å²) in [6.07, 6.45) is 1.53. The molecule has 0 saturated heterocycles. The zero-order valence-electron chi connectivity index (χ0n) is 11.4. The number of hydrogen-bond donors (Lipinski definition) is 0. The zero-order valence-corrected chi connectivity index (χ0v) is 13.0. The monoisotopic (exact) mass is 315 g/mol. The molecule has 0 aliphatic carbocycles. The van der Waals surface area contributed by atoms with Gasteiger partial charge in [0.15, 0.2) is 0 Å². The largest absolute Gasteiger partial charge is 0.311 e. The second kappa shape index (κ2) is 5.08. The Labute approximate surface area is 133 Å². The highest BCUT2D eigenvalue weighted by Gasteiger charge is 2.31. The molecule has 0 bridgehead atoms. The number of nitrogens with zero attached hydrogens (tertiary/aromatic N) is 1. The lowest BCUT2D eigenvalue weighted by molar-refractivity contribution is -0.117. The van der Waals surface area contributed by atoms with E-state index in [9.17, 15) is 4.79 Å². The second-order valence-corrected chi connectivity index (χ2v) is 7.28. The summed E-state index contributed by atoms with van der Waals surface area (Å²) in [4.78, 5) is 15.5. The van der Waals surface area contributed by atoms with Crippen LogP contribution in [-0.4, -0.2) is 17.7 Å². The minimum absolute atomic E-state index is 0.184. The Hall–Kier alpha value is -1.45. The van der Waals surface area contributed by atoms with Crippen molar-refractivity contribution in [2.24, 2.45) is 0 Å². The van der Waals surface area contributed by atoms with Crippen LogP contribution in [0, 0.1) is 0 Å². The van der Waals surface area contributed by atoms with Crippen molar-refractivity contribution in [1.29, 1.82) is 0 Å². The molecule has 2 heterocycles. The average Bonchev–Trinajstić information content (AvgIpc) is 3.01. The normalized spacial score (nSPS) is 19.8. The van der Waals surface area contributed by atoms with Crippen molar-refractivity contribution in [2.75, 3.05) is 11.4 Å². The number of benzene rings is 2. The summed E-state index contributed by atoms with van der Waals surface area (Å²) in [7, 11) is 0. The fourth-order valence-electron chi connectivity index (χ4n) is 3.09. The summed E-state index contributed by atoms with van der Waals surface area (Å²) in [5, 5.41) is 1.12. The van der Waals surface area contributed by atoms with Crippen LogP contribution in [0.2, 0.25) is 5.02 Å². The van der Waals surface area contributed by atoms with Crippen LogP contribution in [0.15, 0.2) is 47.4 Å². The van der Waals surface area contributed by atoms with Crippen LogP contribution in [-0.2, 0) is 17.6 Å². The molecule has 21 heavy (non-hydrogen) atoms. The molecule has 0 aromatic heterocycles. The second-order valence-electron chi connectivity index (χ2n) is 5.51. The summed E-state index contributed by atoms with van der Waals surface area (Å²) in [6, 6.07) is 14.2. The number of halogens is 1. The van der Waals surface area contributed by atoms with Crippen molar-refractivity contribution in [2.45, 2.75) is 23.0 Å². The van der Waals surface area contributed by atoms with Crippen LogP contribution in [0.5, 0.6) is 0 Å². The van der Waals surface area contributed by atoms with Crippen LogP contribution >= 0.6 is 23.4 Å². The summed E-state index contributed by atoms with van der Waals surface area (Å²) in [5.74, 6) is 0.184. The minimum Gasteiger partial charge on any atom is -0.311 e. The molecule has 4 heteroatoms. The van der Waals surface area contributed by atoms with Crippen molar-refractivity contribution in [3.8, 4) is 0 Å². The highest BCUT2D eigenvalue weighted by Crippen LogP contribution is 2.39. The summed E-state index contributed by atoms with van der Waals surface area (Å²) in [5.41, 5.74) is 3.47. The molecule has 0 spiro atoms. The maximum absolute atomic E-state index is 12.3. The van der Waals surface area contributed by atoms with Crippen LogP contribution < -0.4 is 4.90 Å². The molecular formula is C17H14ClNOS. The number of hydrogen-bond acceptors (Lipinski definition) is 2. The molecule has 1 atom stereocenters. The Morgan fingerprint density at radius 2 is 2.05 bits per heavy atom. The highest BCUT2D eigenvalue weighted by molar-refractivity contribution is 8.00. The van der Waals surface area contributed by atoms with Gasteiger partial charge in [-0.05, 0) is 35.7 Å². The predicted molar refractivity (Wildman–Crippen MR) is 87.3 cm³/mol. The molecule has 106 valence electrons. The molecule has 0 radical (unpaired) electrons.